The van der Waals surface area contributed by atoms with Gasteiger partial charge < -0.3 is 0 Å². The Morgan fingerprint density at radius 1 is 1.55 bits per heavy atom. The number of alkyl halides is 1. The van der Waals surface area contributed by atoms with E-state index in [1.165, 1.54) is 5.56 Å². The quantitative estimate of drug-likeness (QED) is 0.621. The van der Waals surface area contributed by atoms with Crippen LogP contribution in [0.4, 0.5) is 0 Å². The molecule has 0 N–H and O–H groups in total. The molecule has 11 heavy (non-hydrogen) atoms. The standard InChI is InChI=1S/C9H12ClN/c1-7-3-4-9(11-6-7)5-8(2)10/h3-4,6,8H,5H2,1-2H3. The first-order valence-corrected chi connectivity index (χ1v) is 4.17. The van der Waals surface area contributed by atoms with E-state index in [4.69, 9.17) is 11.6 Å². The van der Waals surface area contributed by atoms with Crippen LogP contribution in [0.3, 0.4) is 0 Å². The molecule has 0 aliphatic rings. The zero-order valence-electron chi connectivity index (χ0n) is 6.84. The molecule has 0 amide bonds. The first-order chi connectivity index (χ1) is 5.18. The maximum Gasteiger partial charge on any atom is 0.0418 e. The first-order valence-electron chi connectivity index (χ1n) is 3.74. The summed E-state index contributed by atoms with van der Waals surface area (Å²) in [5.41, 5.74) is 2.26. The molecule has 1 unspecified atom stereocenters. The van der Waals surface area contributed by atoms with Crippen LogP contribution in [-0.2, 0) is 6.42 Å². The predicted molar refractivity (Wildman–Crippen MR) is 48.0 cm³/mol. The number of aromatic nitrogens is 1. The molecule has 0 aliphatic heterocycles. The summed E-state index contributed by atoms with van der Waals surface area (Å²) in [5, 5.41) is 0.171. The largest absolute Gasteiger partial charge is 0.261 e. The fraction of sp³-hybridized carbons (Fsp3) is 0.444. The van der Waals surface area contributed by atoms with Crippen molar-refractivity contribution in [2.75, 3.05) is 0 Å². The minimum atomic E-state index is 0.171. The maximum absolute atomic E-state index is 5.81. The number of rotatable bonds is 2. The van der Waals surface area contributed by atoms with Crippen LogP contribution in [0.2, 0.25) is 0 Å². The Morgan fingerprint density at radius 3 is 2.73 bits per heavy atom. The minimum Gasteiger partial charge on any atom is -0.261 e. The third-order valence-corrected chi connectivity index (χ3v) is 1.62. The minimum absolute atomic E-state index is 0.171. The summed E-state index contributed by atoms with van der Waals surface area (Å²) < 4.78 is 0. The van der Waals surface area contributed by atoms with Crippen molar-refractivity contribution in [1.82, 2.24) is 4.98 Å². The molecule has 0 saturated heterocycles. The molecule has 1 aromatic heterocycles. The van der Waals surface area contributed by atoms with Crippen LogP contribution >= 0.6 is 11.6 Å². The van der Waals surface area contributed by atoms with E-state index < -0.39 is 0 Å². The van der Waals surface area contributed by atoms with Crippen LogP contribution in [0.15, 0.2) is 18.3 Å². The van der Waals surface area contributed by atoms with Gasteiger partial charge in [-0.3, -0.25) is 4.98 Å². The van der Waals surface area contributed by atoms with Gasteiger partial charge in [0, 0.05) is 23.7 Å². The van der Waals surface area contributed by atoms with Gasteiger partial charge in [0.25, 0.3) is 0 Å². The Balaban J connectivity index is 2.66. The fourth-order valence-electron chi connectivity index (χ4n) is 0.907. The van der Waals surface area contributed by atoms with Crippen LogP contribution in [-0.4, -0.2) is 10.4 Å². The van der Waals surface area contributed by atoms with Crippen molar-refractivity contribution in [2.45, 2.75) is 25.6 Å². The van der Waals surface area contributed by atoms with Gasteiger partial charge in [-0.05, 0) is 25.5 Å². The zero-order valence-corrected chi connectivity index (χ0v) is 7.60. The number of aryl methyl sites for hydroxylation is 1. The van der Waals surface area contributed by atoms with Gasteiger partial charge in [0.05, 0.1) is 0 Å². The molecule has 60 valence electrons. The van der Waals surface area contributed by atoms with Crippen molar-refractivity contribution in [1.29, 1.82) is 0 Å². The highest BCUT2D eigenvalue weighted by molar-refractivity contribution is 6.20. The van der Waals surface area contributed by atoms with E-state index in [-0.39, 0.29) is 5.38 Å². The normalized spacial score (nSPS) is 13.0. The van der Waals surface area contributed by atoms with Gasteiger partial charge in [0.15, 0.2) is 0 Å². The van der Waals surface area contributed by atoms with Crippen LogP contribution in [0.5, 0.6) is 0 Å². The highest BCUT2D eigenvalue weighted by atomic mass is 35.5. The number of halogens is 1. The summed E-state index contributed by atoms with van der Waals surface area (Å²) in [7, 11) is 0. The lowest BCUT2D eigenvalue weighted by atomic mass is 10.2. The number of hydrogen-bond acceptors (Lipinski definition) is 1. The number of pyridine rings is 1. The lowest BCUT2D eigenvalue weighted by molar-refractivity contribution is 0.889. The van der Waals surface area contributed by atoms with Gasteiger partial charge >= 0.3 is 0 Å². The van der Waals surface area contributed by atoms with Crippen LogP contribution in [0, 0.1) is 6.92 Å². The molecule has 1 heterocycles. The van der Waals surface area contributed by atoms with E-state index >= 15 is 0 Å². The van der Waals surface area contributed by atoms with Crippen molar-refractivity contribution in [3.8, 4) is 0 Å². The zero-order chi connectivity index (χ0) is 8.27. The van der Waals surface area contributed by atoms with Gasteiger partial charge in [-0.15, -0.1) is 11.6 Å². The molecule has 0 aromatic carbocycles. The van der Waals surface area contributed by atoms with Crippen LogP contribution < -0.4 is 0 Å². The molecular formula is C9H12ClN. The molecule has 1 atom stereocenters. The topological polar surface area (TPSA) is 12.9 Å². The highest BCUT2D eigenvalue weighted by Crippen LogP contribution is 2.05. The predicted octanol–water partition coefficient (Wildman–Crippen LogP) is 2.56. The van der Waals surface area contributed by atoms with Crippen molar-refractivity contribution in [3.05, 3.63) is 29.6 Å². The first kappa shape index (κ1) is 8.54. The molecule has 2 heteroatoms. The summed E-state index contributed by atoms with van der Waals surface area (Å²) >= 11 is 5.81. The molecule has 1 aromatic rings. The molecule has 0 bridgehead atoms. The summed E-state index contributed by atoms with van der Waals surface area (Å²) in [4.78, 5) is 4.23. The van der Waals surface area contributed by atoms with E-state index in [1.807, 2.05) is 26.1 Å². The molecule has 1 nitrogen and oxygen atoms in total. The monoisotopic (exact) mass is 169 g/mol. The van der Waals surface area contributed by atoms with Gasteiger partial charge in [0.2, 0.25) is 0 Å². The molecule has 0 fully saturated rings. The van der Waals surface area contributed by atoms with Crippen molar-refractivity contribution >= 4 is 11.6 Å². The van der Waals surface area contributed by atoms with Gasteiger partial charge in [0.1, 0.15) is 0 Å². The second kappa shape index (κ2) is 3.72. The van der Waals surface area contributed by atoms with E-state index in [0.717, 1.165) is 12.1 Å². The van der Waals surface area contributed by atoms with Gasteiger partial charge in [-0.2, -0.15) is 0 Å². The van der Waals surface area contributed by atoms with E-state index in [0.29, 0.717) is 0 Å². The third-order valence-electron chi connectivity index (χ3n) is 1.46. The summed E-state index contributed by atoms with van der Waals surface area (Å²) in [6, 6.07) is 4.08. The molecule has 0 aliphatic carbocycles. The number of nitrogens with zero attached hydrogens (tertiary/aromatic N) is 1. The van der Waals surface area contributed by atoms with Gasteiger partial charge in [-0.1, -0.05) is 6.07 Å². The van der Waals surface area contributed by atoms with E-state index in [2.05, 4.69) is 11.1 Å². The second-order valence-electron chi connectivity index (χ2n) is 2.81. The SMILES string of the molecule is Cc1ccc(CC(C)Cl)nc1. The average Bonchev–Trinajstić information content (AvgIpc) is 1.93. The lowest BCUT2D eigenvalue weighted by Gasteiger charge is -2.01. The van der Waals surface area contributed by atoms with Crippen molar-refractivity contribution in [3.63, 3.8) is 0 Å². The molecule has 0 spiro atoms. The van der Waals surface area contributed by atoms with E-state index in [9.17, 15) is 0 Å². The second-order valence-corrected chi connectivity index (χ2v) is 3.56. The fourth-order valence-corrected chi connectivity index (χ4v) is 1.07. The van der Waals surface area contributed by atoms with Gasteiger partial charge in [-0.25, -0.2) is 0 Å². The summed E-state index contributed by atoms with van der Waals surface area (Å²) in [6.07, 6.45) is 2.72. The third kappa shape index (κ3) is 2.89. The summed E-state index contributed by atoms with van der Waals surface area (Å²) in [5.74, 6) is 0. The van der Waals surface area contributed by atoms with Crippen LogP contribution in [0.1, 0.15) is 18.2 Å². The smallest absolute Gasteiger partial charge is 0.0418 e. The Bertz CT molecular complexity index is 216. The Labute approximate surface area is 72.4 Å². The molecular weight excluding hydrogens is 158 g/mol. The Morgan fingerprint density at radius 2 is 2.27 bits per heavy atom. The van der Waals surface area contributed by atoms with Crippen molar-refractivity contribution < 1.29 is 0 Å². The average molecular weight is 170 g/mol. The Kier molecular flexibility index (Phi) is 2.89. The maximum atomic E-state index is 5.81. The van der Waals surface area contributed by atoms with Crippen LogP contribution in [0.25, 0.3) is 0 Å². The number of hydrogen-bond donors (Lipinski definition) is 0. The van der Waals surface area contributed by atoms with Crippen molar-refractivity contribution in [2.24, 2.45) is 0 Å². The molecule has 0 radical (unpaired) electrons. The molecule has 0 saturated carbocycles. The summed E-state index contributed by atoms with van der Waals surface area (Å²) in [6.45, 7) is 4.00. The molecule has 1 rings (SSSR count). The van der Waals surface area contributed by atoms with E-state index in [1.54, 1.807) is 0 Å². The Hall–Kier alpha value is -0.560. The highest BCUT2D eigenvalue weighted by Gasteiger charge is 1.98. The lowest BCUT2D eigenvalue weighted by Crippen LogP contribution is -1.99.